The lowest BCUT2D eigenvalue weighted by atomic mass is 10.1. The van der Waals surface area contributed by atoms with Crippen LogP contribution >= 0.6 is 11.6 Å². The molecule has 0 atom stereocenters. The van der Waals surface area contributed by atoms with Gasteiger partial charge < -0.3 is 14.8 Å². The minimum atomic E-state index is 0.509. The molecule has 24 heavy (non-hydrogen) atoms. The molecule has 1 fully saturated rings. The Bertz CT molecular complexity index is 654. The summed E-state index contributed by atoms with van der Waals surface area (Å²) in [6.07, 6.45) is 5.12. The normalized spacial score (nSPS) is 14.8. The van der Waals surface area contributed by atoms with Gasteiger partial charge >= 0.3 is 0 Å². The molecule has 128 valence electrons. The molecular formula is C20H24ClNO2. The van der Waals surface area contributed by atoms with Gasteiger partial charge in [0.1, 0.15) is 6.61 Å². The molecule has 0 heterocycles. The van der Waals surface area contributed by atoms with Crippen LogP contribution in [0.2, 0.25) is 5.02 Å². The van der Waals surface area contributed by atoms with E-state index in [2.05, 4.69) is 17.4 Å². The summed E-state index contributed by atoms with van der Waals surface area (Å²) >= 11 is 6.25. The SMILES string of the molecule is COc1cc(Cl)cc(CNC2CCCC2)c1OCc1ccccc1. The number of benzene rings is 2. The fraction of sp³-hybridized carbons (Fsp3) is 0.400. The van der Waals surface area contributed by atoms with Crippen LogP contribution in [0.25, 0.3) is 0 Å². The number of methoxy groups -OCH3 is 1. The lowest BCUT2D eigenvalue weighted by Crippen LogP contribution is -2.25. The van der Waals surface area contributed by atoms with Crippen molar-refractivity contribution in [2.24, 2.45) is 0 Å². The van der Waals surface area contributed by atoms with Gasteiger partial charge in [-0.1, -0.05) is 54.8 Å². The van der Waals surface area contributed by atoms with Gasteiger partial charge in [-0.15, -0.1) is 0 Å². The number of rotatable bonds is 7. The third kappa shape index (κ3) is 4.43. The van der Waals surface area contributed by atoms with Crippen molar-refractivity contribution in [2.45, 2.75) is 44.9 Å². The van der Waals surface area contributed by atoms with Gasteiger partial charge in [0.2, 0.25) is 0 Å². The van der Waals surface area contributed by atoms with Crippen molar-refractivity contribution in [1.82, 2.24) is 5.32 Å². The molecule has 0 unspecified atom stereocenters. The Hall–Kier alpha value is -1.71. The predicted molar refractivity (Wildman–Crippen MR) is 97.9 cm³/mol. The first kappa shape index (κ1) is 17.1. The van der Waals surface area contributed by atoms with Crippen LogP contribution in [0.1, 0.15) is 36.8 Å². The lowest BCUT2D eigenvalue weighted by Gasteiger charge is -2.18. The summed E-state index contributed by atoms with van der Waals surface area (Å²) in [6, 6.07) is 14.5. The van der Waals surface area contributed by atoms with Gasteiger partial charge in [-0.05, 0) is 24.5 Å². The van der Waals surface area contributed by atoms with Crippen LogP contribution in [-0.4, -0.2) is 13.2 Å². The Morgan fingerprint density at radius 1 is 1.12 bits per heavy atom. The zero-order chi connectivity index (χ0) is 16.8. The minimum absolute atomic E-state index is 0.509. The Morgan fingerprint density at radius 2 is 1.88 bits per heavy atom. The van der Waals surface area contributed by atoms with E-state index in [4.69, 9.17) is 21.1 Å². The molecule has 2 aromatic carbocycles. The second-order valence-electron chi connectivity index (χ2n) is 6.23. The largest absolute Gasteiger partial charge is 0.493 e. The summed E-state index contributed by atoms with van der Waals surface area (Å²) < 4.78 is 11.6. The highest BCUT2D eigenvalue weighted by molar-refractivity contribution is 6.30. The van der Waals surface area contributed by atoms with E-state index in [9.17, 15) is 0 Å². The summed E-state index contributed by atoms with van der Waals surface area (Å²) in [4.78, 5) is 0. The first-order chi connectivity index (χ1) is 11.8. The number of halogens is 1. The average Bonchev–Trinajstić information content (AvgIpc) is 3.13. The van der Waals surface area contributed by atoms with Gasteiger partial charge in [0.05, 0.1) is 7.11 Å². The zero-order valence-electron chi connectivity index (χ0n) is 14.1. The van der Waals surface area contributed by atoms with Crippen LogP contribution in [0.15, 0.2) is 42.5 Å². The van der Waals surface area contributed by atoms with Crippen LogP contribution in [0.5, 0.6) is 11.5 Å². The Morgan fingerprint density at radius 3 is 2.58 bits per heavy atom. The second-order valence-corrected chi connectivity index (χ2v) is 6.67. The van der Waals surface area contributed by atoms with E-state index in [0.29, 0.717) is 23.4 Å². The van der Waals surface area contributed by atoms with Gasteiger partial charge in [0.15, 0.2) is 11.5 Å². The van der Waals surface area contributed by atoms with Crippen LogP contribution in [0, 0.1) is 0 Å². The van der Waals surface area contributed by atoms with Crippen LogP contribution in [0.4, 0.5) is 0 Å². The summed E-state index contributed by atoms with van der Waals surface area (Å²) in [5, 5.41) is 4.29. The maximum atomic E-state index is 6.25. The average molecular weight is 346 g/mol. The van der Waals surface area contributed by atoms with Crippen molar-refractivity contribution in [3.63, 3.8) is 0 Å². The third-order valence-electron chi connectivity index (χ3n) is 4.48. The van der Waals surface area contributed by atoms with Crippen molar-refractivity contribution < 1.29 is 9.47 Å². The molecule has 0 radical (unpaired) electrons. The summed E-state index contributed by atoms with van der Waals surface area (Å²) in [5.41, 5.74) is 2.17. The van der Waals surface area contributed by atoms with Crippen LogP contribution in [0.3, 0.4) is 0 Å². The number of nitrogens with one attached hydrogen (secondary N) is 1. The molecule has 3 nitrogen and oxygen atoms in total. The van der Waals surface area contributed by atoms with E-state index in [0.717, 1.165) is 23.4 Å². The molecular weight excluding hydrogens is 322 g/mol. The van der Waals surface area contributed by atoms with E-state index in [-0.39, 0.29) is 0 Å². The molecule has 1 N–H and O–H groups in total. The monoisotopic (exact) mass is 345 g/mol. The smallest absolute Gasteiger partial charge is 0.166 e. The van der Waals surface area contributed by atoms with E-state index >= 15 is 0 Å². The molecule has 0 amide bonds. The molecule has 0 spiro atoms. The summed E-state index contributed by atoms with van der Waals surface area (Å²) in [7, 11) is 1.65. The van der Waals surface area contributed by atoms with Crippen LogP contribution < -0.4 is 14.8 Å². The molecule has 0 aliphatic heterocycles. The first-order valence-electron chi connectivity index (χ1n) is 8.53. The molecule has 0 saturated heterocycles. The maximum Gasteiger partial charge on any atom is 0.166 e. The molecule has 1 saturated carbocycles. The fourth-order valence-corrected chi connectivity index (χ4v) is 3.41. The highest BCUT2D eigenvalue weighted by Crippen LogP contribution is 2.35. The number of hydrogen-bond acceptors (Lipinski definition) is 3. The van der Waals surface area contributed by atoms with Gasteiger partial charge in [-0.25, -0.2) is 0 Å². The topological polar surface area (TPSA) is 30.5 Å². The Balaban J connectivity index is 1.76. The summed E-state index contributed by atoms with van der Waals surface area (Å²) in [5.74, 6) is 1.46. The van der Waals surface area contributed by atoms with Gasteiger partial charge in [-0.3, -0.25) is 0 Å². The van der Waals surface area contributed by atoms with E-state index < -0.39 is 0 Å². The molecule has 0 bridgehead atoms. The van der Waals surface area contributed by atoms with Crippen LogP contribution in [-0.2, 0) is 13.2 Å². The van der Waals surface area contributed by atoms with Crippen molar-refractivity contribution >= 4 is 11.6 Å². The van der Waals surface area contributed by atoms with E-state index in [1.807, 2.05) is 24.3 Å². The first-order valence-corrected chi connectivity index (χ1v) is 8.90. The zero-order valence-corrected chi connectivity index (χ0v) is 14.8. The Labute approximate surface area is 148 Å². The molecule has 0 aromatic heterocycles. The molecule has 1 aliphatic carbocycles. The third-order valence-corrected chi connectivity index (χ3v) is 4.70. The minimum Gasteiger partial charge on any atom is -0.493 e. The van der Waals surface area contributed by atoms with Crippen molar-refractivity contribution in [1.29, 1.82) is 0 Å². The quantitative estimate of drug-likeness (QED) is 0.769. The van der Waals surface area contributed by atoms with Crippen molar-refractivity contribution in [2.75, 3.05) is 7.11 Å². The predicted octanol–water partition coefficient (Wildman–Crippen LogP) is 4.96. The summed E-state index contributed by atoms with van der Waals surface area (Å²) in [6.45, 7) is 1.25. The molecule has 1 aliphatic rings. The molecule has 2 aromatic rings. The lowest BCUT2D eigenvalue weighted by molar-refractivity contribution is 0.280. The van der Waals surface area contributed by atoms with Gasteiger partial charge in [0, 0.05) is 29.2 Å². The van der Waals surface area contributed by atoms with E-state index in [1.54, 1.807) is 13.2 Å². The molecule has 3 rings (SSSR count). The van der Waals surface area contributed by atoms with Crippen molar-refractivity contribution in [3.05, 3.63) is 58.6 Å². The maximum absolute atomic E-state index is 6.25. The second kappa shape index (κ2) is 8.41. The fourth-order valence-electron chi connectivity index (χ4n) is 3.18. The number of ether oxygens (including phenoxy) is 2. The standard InChI is InChI=1S/C20H24ClNO2/c1-23-19-12-17(21)11-16(13-22-18-9-5-6-10-18)20(19)24-14-15-7-3-2-4-8-15/h2-4,7-8,11-12,18,22H,5-6,9-10,13-14H2,1H3. The Kier molecular flexibility index (Phi) is 6.00. The van der Waals surface area contributed by atoms with E-state index in [1.165, 1.54) is 25.7 Å². The highest BCUT2D eigenvalue weighted by Gasteiger charge is 2.17. The number of hydrogen-bond donors (Lipinski definition) is 1. The highest BCUT2D eigenvalue weighted by atomic mass is 35.5. The molecule has 4 heteroatoms. The van der Waals surface area contributed by atoms with Crippen molar-refractivity contribution in [3.8, 4) is 11.5 Å². The van der Waals surface area contributed by atoms with Gasteiger partial charge in [-0.2, -0.15) is 0 Å². The van der Waals surface area contributed by atoms with Gasteiger partial charge in [0.25, 0.3) is 0 Å².